The third-order valence-corrected chi connectivity index (χ3v) is 3.70. The van der Waals surface area contributed by atoms with Crippen LogP contribution >= 0.6 is 0 Å². The first-order valence-electron chi connectivity index (χ1n) is 8.58. The van der Waals surface area contributed by atoms with Crippen molar-refractivity contribution in [2.45, 2.75) is 32.4 Å². The van der Waals surface area contributed by atoms with Gasteiger partial charge in [-0.15, -0.1) is 0 Å². The first-order chi connectivity index (χ1) is 12.6. The zero-order chi connectivity index (χ0) is 18.8. The molecule has 0 aliphatic rings. The van der Waals surface area contributed by atoms with E-state index < -0.39 is 12.1 Å². The van der Waals surface area contributed by atoms with Gasteiger partial charge in [0, 0.05) is 13.0 Å². The molecular formula is C20H23FN2O3. The summed E-state index contributed by atoms with van der Waals surface area (Å²) in [6, 6.07) is 14.4. The molecule has 0 spiro atoms. The fourth-order valence-corrected chi connectivity index (χ4v) is 2.39. The Balaban J connectivity index is 1.98. The lowest BCUT2D eigenvalue weighted by atomic mass is 10.1. The van der Waals surface area contributed by atoms with Crippen LogP contribution in [0.4, 0.5) is 9.18 Å². The lowest BCUT2D eigenvalue weighted by Crippen LogP contribution is -2.48. The summed E-state index contributed by atoms with van der Waals surface area (Å²) in [5.74, 6) is -0.713. The SMILES string of the molecule is CCCNC(=O)[C@H](Cc1cccc(F)c1)NC(=O)OCc1ccccc1. The van der Waals surface area contributed by atoms with Gasteiger partial charge in [-0.05, 0) is 29.7 Å². The molecule has 2 N–H and O–H groups in total. The second kappa shape index (κ2) is 10.2. The second-order valence-corrected chi connectivity index (χ2v) is 5.88. The van der Waals surface area contributed by atoms with Gasteiger partial charge >= 0.3 is 6.09 Å². The standard InChI is InChI=1S/C20H23FN2O3/c1-2-11-22-19(24)18(13-16-9-6-10-17(21)12-16)23-20(25)26-14-15-7-4-3-5-8-15/h3-10,12,18H,2,11,13-14H2,1H3,(H,22,24)(H,23,25)/t18-/m0/s1. The van der Waals surface area contributed by atoms with E-state index in [4.69, 9.17) is 4.74 Å². The zero-order valence-corrected chi connectivity index (χ0v) is 14.7. The molecule has 0 aliphatic heterocycles. The smallest absolute Gasteiger partial charge is 0.408 e. The summed E-state index contributed by atoms with van der Waals surface area (Å²) >= 11 is 0. The number of alkyl carbamates (subject to hydrolysis) is 1. The van der Waals surface area contributed by atoms with Gasteiger partial charge in [0.1, 0.15) is 18.5 Å². The van der Waals surface area contributed by atoms with E-state index >= 15 is 0 Å². The molecule has 5 nitrogen and oxygen atoms in total. The predicted octanol–water partition coefficient (Wildman–Crippen LogP) is 3.19. The van der Waals surface area contributed by atoms with Crippen LogP contribution < -0.4 is 10.6 Å². The van der Waals surface area contributed by atoms with Gasteiger partial charge in [-0.1, -0.05) is 49.4 Å². The number of benzene rings is 2. The maximum Gasteiger partial charge on any atom is 0.408 e. The highest BCUT2D eigenvalue weighted by molar-refractivity contribution is 5.85. The van der Waals surface area contributed by atoms with Crippen LogP contribution in [0.2, 0.25) is 0 Å². The Bertz CT molecular complexity index is 722. The fraction of sp³-hybridized carbons (Fsp3) is 0.300. The van der Waals surface area contributed by atoms with Gasteiger partial charge in [0.2, 0.25) is 5.91 Å². The van der Waals surface area contributed by atoms with Gasteiger partial charge < -0.3 is 15.4 Å². The van der Waals surface area contributed by atoms with Gasteiger partial charge in [0.05, 0.1) is 0 Å². The lowest BCUT2D eigenvalue weighted by Gasteiger charge is -2.18. The van der Waals surface area contributed by atoms with Crippen molar-refractivity contribution in [2.24, 2.45) is 0 Å². The summed E-state index contributed by atoms with van der Waals surface area (Å²) in [5, 5.41) is 5.31. The van der Waals surface area contributed by atoms with E-state index in [1.54, 1.807) is 12.1 Å². The number of hydrogen-bond donors (Lipinski definition) is 2. The summed E-state index contributed by atoms with van der Waals surface area (Å²) in [6.07, 6.45) is 0.256. The van der Waals surface area contributed by atoms with E-state index in [2.05, 4.69) is 10.6 Å². The van der Waals surface area contributed by atoms with E-state index in [0.29, 0.717) is 12.1 Å². The minimum absolute atomic E-state index is 0.107. The number of carbonyl (C=O) groups is 2. The number of rotatable bonds is 8. The third kappa shape index (κ3) is 6.55. The highest BCUT2D eigenvalue weighted by Crippen LogP contribution is 2.08. The number of halogens is 1. The first-order valence-corrected chi connectivity index (χ1v) is 8.58. The lowest BCUT2D eigenvalue weighted by molar-refractivity contribution is -0.123. The molecule has 0 bridgehead atoms. The van der Waals surface area contributed by atoms with Crippen molar-refractivity contribution in [1.82, 2.24) is 10.6 Å². The largest absolute Gasteiger partial charge is 0.445 e. The molecule has 2 aromatic carbocycles. The molecule has 0 unspecified atom stereocenters. The van der Waals surface area contributed by atoms with Gasteiger partial charge in [-0.25, -0.2) is 9.18 Å². The zero-order valence-electron chi connectivity index (χ0n) is 14.7. The highest BCUT2D eigenvalue weighted by Gasteiger charge is 2.21. The van der Waals surface area contributed by atoms with Crippen LogP contribution in [0.5, 0.6) is 0 Å². The molecule has 2 amide bonds. The number of hydrogen-bond acceptors (Lipinski definition) is 3. The van der Waals surface area contributed by atoms with E-state index in [0.717, 1.165) is 12.0 Å². The Kier molecular flexibility index (Phi) is 7.61. The second-order valence-electron chi connectivity index (χ2n) is 5.88. The molecule has 26 heavy (non-hydrogen) atoms. The predicted molar refractivity (Wildman–Crippen MR) is 97.0 cm³/mol. The van der Waals surface area contributed by atoms with Crippen molar-refractivity contribution < 1.29 is 18.7 Å². The maximum atomic E-state index is 13.4. The van der Waals surface area contributed by atoms with Crippen molar-refractivity contribution in [3.05, 3.63) is 71.5 Å². The number of ether oxygens (including phenoxy) is 1. The molecule has 2 aromatic rings. The van der Waals surface area contributed by atoms with Crippen LogP contribution in [0.15, 0.2) is 54.6 Å². The summed E-state index contributed by atoms with van der Waals surface area (Å²) in [4.78, 5) is 24.4. The Labute approximate surface area is 152 Å². The number of nitrogens with one attached hydrogen (secondary N) is 2. The Morgan fingerprint density at radius 2 is 1.81 bits per heavy atom. The average molecular weight is 358 g/mol. The van der Waals surface area contributed by atoms with Crippen molar-refractivity contribution in [3.63, 3.8) is 0 Å². The Morgan fingerprint density at radius 3 is 2.50 bits per heavy atom. The summed E-state index contributed by atoms with van der Waals surface area (Å²) in [6.45, 7) is 2.54. The molecule has 0 fully saturated rings. The molecule has 2 rings (SSSR count). The molecule has 0 heterocycles. The van der Waals surface area contributed by atoms with Gasteiger partial charge in [-0.3, -0.25) is 4.79 Å². The average Bonchev–Trinajstić information content (AvgIpc) is 2.65. The molecule has 0 saturated carbocycles. The van der Waals surface area contributed by atoms with Crippen molar-refractivity contribution in [1.29, 1.82) is 0 Å². The van der Waals surface area contributed by atoms with Crippen molar-refractivity contribution >= 4 is 12.0 Å². The Morgan fingerprint density at radius 1 is 1.08 bits per heavy atom. The van der Waals surface area contributed by atoms with Crippen molar-refractivity contribution in [3.8, 4) is 0 Å². The molecule has 6 heteroatoms. The highest BCUT2D eigenvalue weighted by atomic mass is 19.1. The van der Waals surface area contributed by atoms with Gasteiger partial charge in [0.25, 0.3) is 0 Å². The van der Waals surface area contributed by atoms with Crippen LogP contribution in [0.25, 0.3) is 0 Å². The topological polar surface area (TPSA) is 67.4 Å². The van der Waals surface area contributed by atoms with E-state index in [1.807, 2.05) is 37.3 Å². The van der Waals surface area contributed by atoms with E-state index in [9.17, 15) is 14.0 Å². The molecule has 0 radical (unpaired) electrons. The molecule has 0 aromatic heterocycles. The quantitative estimate of drug-likeness (QED) is 0.762. The van der Waals surface area contributed by atoms with Crippen LogP contribution in [0.3, 0.4) is 0 Å². The molecular weight excluding hydrogens is 335 g/mol. The van der Waals surface area contributed by atoms with Crippen LogP contribution in [0.1, 0.15) is 24.5 Å². The minimum atomic E-state index is -0.841. The molecule has 1 atom stereocenters. The van der Waals surface area contributed by atoms with E-state index in [1.165, 1.54) is 12.1 Å². The molecule has 0 saturated heterocycles. The van der Waals surface area contributed by atoms with Crippen LogP contribution in [-0.4, -0.2) is 24.6 Å². The van der Waals surface area contributed by atoms with Gasteiger partial charge in [0.15, 0.2) is 0 Å². The Hall–Kier alpha value is -2.89. The summed E-state index contributed by atoms with van der Waals surface area (Å²) < 4.78 is 18.6. The fourth-order valence-electron chi connectivity index (χ4n) is 2.39. The molecule has 0 aliphatic carbocycles. The number of carbonyl (C=O) groups excluding carboxylic acids is 2. The normalized spacial score (nSPS) is 11.5. The van der Waals surface area contributed by atoms with E-state index in [-0.39, 0.29) is 24.8 Å². The van der Waals surface area contributed by atoms with Gasteiger partial charge in [-0.2, -0.15) is 0 Å². The minimum Gasteiger partial charge on any atom is -0.445 e. The third-order valence-electron chi connectivity index (χ3n) is 3.70. The first kappa shape index (κ1) is 19.4. The monoisotopic (exact) mass is 358 g/mol. The molecule has 138 valence electrons. The van der Waals surface area contributed by atoms with Crippen LogP contribution in [0, 0.1) is 5.82 Å². The number of amides is 2. The van der Waals surface area contributed by atoms with Crippen LogP contribution in [-0.2, 0) is 22.6 Å². The maximum absolute atomic E-state index is 13.4. The summed E-state index contributed by atoms with van der Waals surface area (Å²) in [5.41, 5.74) is 1.46. The van der Waals surface area contributed by atoms with Crippen molar-refractivity contribution in [2.75, 3.05) is 6.54 Å². The summed E-state index contributed by atoms with van der Waals surface area (Å²) in [7, 11) is 0.